The van der Waals surface area contributed by atoms with Crippen molar-refractivity contribution >= 4 is 38.5 Å². The van der Waals surface area contributed by atoms with Crippen LogP contribution < -0.4 is 9.47 Å². The molecular weight excluding hydrogens is 426 g/mol. The molecule has 0 aliphatic carbocycles. The molecule has 11 heteroatoms. The first kappa shape index (κ1) is 20.8. The Kier molecular flexibility index (Phi) is 5.76. The second kappa shape index (κ2) is 8.32. The average molecular weight is 450 g/mol. The van der Waals surface area contributed by atoms with Crippen molar-refractivity contribution in [1.29, 1.82) is 0 Å². The third kappa shape index (κ3) is 4.18. The lowest BCUT2D eigenvalue weighted by molar-refractivity contribution is 0.309. The molecule has 0 N–H and O–H groups in total. The Hall–Kier alpha value is -2.50. The molecule has 1 unspecified atom stereocenters. The van der Waals surface area contributed by atoms with Gasteiger partial charge in [-0.05, 0) is 36.6 Å². The third-order valence-corrected chi connectivity index (χ3v) is 7.21. The first-order valence-electron chi connectivity index (χ1n) is 9.46. The van der Waals surface area contributed by atoms with Gasteiger partial charge in [-0.2, -0.15) is 9.61 Å². The Bertz CT molecular complexity index is 1180. The summed E-state index contributed by atoms with van der Waals surface area (Å²) in [5, 5.41) is 13.9. The number of aromatic nitrogens is 4. The molecular formula is C19H23N5O4S2. The second-order valence-corrected chi connectivity index (χ2v) is 10.1. The van der Waals surface area contributed by atoms with Crippen molar-refractivity contribution in [1.82, 2.24) is 24.1 Å². The van der Waals surface area contributed by atoms with Crippen LogP contribution in [0.4, 0.5) is 0 Å². The fourth-order valence-corrected chi connectivity index (χ4v) is 5.21. The summed E-state index contributed by atoms with van der Waals surface area (Å²) < 4.78 is 37.7. The predicted octanol–water partition coefficient (Wildman–Crippen LogP) is 2.51. The average Bonchev–Trinajstić information content (AvgIpc) is 3.31. The number of methoxy groups -OCH3 is 2. The van der Waals surface area contributed by atoms with E-state index < -0.39 is 10.0 Å². The minimum Gasteiger partial charge on any atom is -0.493 e. The van der Waals surface area contributed by atoms with E-state index in [1.165, 1.54) is 21.9 Å². The highest BCUT2D eigenvalue weighted by atomic mass is 32.2. The van der Waals surface area contributed by atoms with Crippen LogP contribution in [0.2, 0.25) is 0 Å². The van der Waals surface area contributed by atoms with Gasteiger partial charge >= 0.3 is 0 Å². The molecule has 160 valence electrons. The lowest BCUT2D eigenvalue weighted by Gasteiger charge is -2.29. The molecule has 1 fully saturated rings. The standard InChI is InChI=1S/C19H23N5O4S2/c1-27-15-8-6-13(11-16(15)28-2)7-9-17-22-24-18(20-21-19(24)29-17)14-5-4-10-23(12-14)30(3,25)26/h6-9,11,14H,4-5,10,12H2,1-3H3/b9-7+. The highest BCUT2D eigenvalue weighted by Gasteiger charge is 2.30. The molecule has 0 amide bonds. The van der Waals surface area contributed by atoms with Crippen LogP contribution in [0, 0.1) is 0 Å². The molecule has 4 rings (SSSR count). The molecule has 1 aliphatic rings. The molecule has 0 bridgehead atoms. The number of nitrogens with zero attached hydrogens (tertiary/aromatic N) is 5. The van der Waals surface area contributed by atoms with Gasteiger partial charge < -0.3 is 9.47 Å². The van der Waals surface area contributed by atoms with Crippen molar-refractivity contribution in [2.75, 3.05) is 33.6 Å². The van der Waals surface area contributed by atoms with Crippen LogP contribution in [0.3, 0.4) is 0 Å². The van der Waals surface area contributed by atoms with Gasteiger partial charge in [0.2, 0.25) is 15.0 Å². The molecule has 1 aliphatic heterocycles. The monoisotopic (exact) mass is 449 g/mol. The Balaban J connectivity index is 1.57. The number of hydrogen-bond donors (Lipinski definition) is 0. The van der Waals surface area contributed by atoms with Gasteiger partial charge in [-0.25, -0.2) is 12.7 Å². The number of benzene rings is 1. The first-order valence-corrected chi connectivity index (χ1v) is 12.1. The third-order valence-electron chi connectivity index (χ3n) is 5.07. The van der Waals surface area contributed by atoms with Crippen LogP contribution in [-0.2, 0) is 10.0 Å². The van der Waals surface area contributed by atoms with Gasteiger partial charge in [-0.3, -0.25) is 0 Å². The normalized spacial score (nSPS) is 18.3. The molecule has 0 radical (unpaired) electrons. The Morgan fingerprint density at radius 3 is 2.70 bits per heavy atom. The van der Waals surface area contributed by atoms with Crippen molar-refractivity contribution in [3.8, 4) is 11.5 Å². The summed E-state index contributed by atoms with van der Waals surface area (Å²) in [5.74, 6) is 2.02. The van der Waals surface area contributed by atoms with E-state index in [0.717, 1.165) is 23.4 Å². The molecule has 1 atom stereocenters. The molecule has 2 aromatic heterocycles. The van der Waals surface area contributed by atoms with Gasteiger partial charge in [0, 0.05) is 19.0 Å². The summed E-state index contributed by atoms with van der Waals surface area (Å²) in [4.78, 5) is 0.688. The molecule has 9 nitrogen and oxygen atoms in total. The zero-order chi connectivity index (χ0) is 21.3. The number of fused-ring (bicyclic) bond motifs is 1. The van der Waals surface area contributed by atoms with Crippen LogP contribution in [0.5, 0.6) is 11.5 Å². The van der Waals surface area contributed by atoms with Crippen molar-refractivity contribution in [2.24, 2.45) is 0 Å². The van der Waals surface area contributed by atoms with E-state index >= 15 is 0 Å². The number of ether oxygens (including phenoxy) is 2. The van der Waals surface area contributed by atoms with E-state index in [9.17, 15) is 8.42 Å². The maximum absolute atomic E-state index is 11.9. The summed E-state index contributed by atoms with van der Waals surface area (Å²) in [7, 11) is -0.0143. The fraction of sp³-hybridized carbons (Fsp3) is 0.421. The van der Waals surface area contributed by atoms with Crippen molar-refractivity contribution in [2.45, 2.75) is 18.8 Å². The number of hydrogen-bond acceptors (Lipinski definition) is 8. The van der Waals surface area contributed by atoms with Crippen molar-refractivity contribution in [3.63, 3.8) is 0 Å². The van der Waals surface area contributed by atoms with Crippen molar-refractivity contribution in [3.05, 3.63) is 34.6 Å². The van der Waals surface area contributed by atoms with Gasteiger partial charge in [0.15, 0.2) is 17.3 Å². The highest BCUT2D eigenvalue weighted by molar-refractivity contribution is 7.88. The van der Waals surface area contributed by atoms with Gasteiger partial charge in [-0.1, -0.05) is 23.5 Å². The van der Waals surface area contributed by atoms with Crippen LogP contribution >= 0.6 is 11.3 Å². The minimum absolute atomic E-state index is 0.0201. The summed E-state index contributed by atoms with van der Waals surface area (Å²) in [6, 6.07) is 5.68. The smallest absolute Gasteiger partial charge is 0.234 e. The van der Waals surface area contributed by atoms with E-state index in [1.54, 1.807) is 18.7 Å². The number of sulfonamides is 1. The molecule has 3 aromatic rings. The SMILES string of the molecule is COc1ccc(/C=C/c2nn3c(C4CCCN(S(C)(=O)=O)C4)nnc3s2)cc1OC. The summed E-state index contributed by atoms with van der Waals surface area (Å²) in [6.07, 6.45) is 6.76. The van der Waals surface area contributed by atoms with E-state index in [-0.39, 0.29) is 5.92 Å². The number of piperidine rings is 1. The Morgan fingerprint density at radius 2 is 1.97 bits per heavy atom. The lowest BCUT2D eigenvalue weighted by atomic mass is 9.99. The van der Waals surface area contributed by atoms with Crippen molar-refractivity contribution < 1.29 is 17.9 Å². The van der Waals surface area contributed by atoms with E-state index in [1.807, 2.05) is 30.4 Å². The van der Waals surface area contributed by atoms with Gasteiger partial charge in [0.05, 0.1) is 20.5 Å². The van der Waals surface area contributed by atoms with Crippen LogP contribution in [0.15, 0.2) is 18.2 Å². The second-order valence-electron chi connectivity index (χ2n) is 7.10. The summed E-state index contributed by atoms with van der Waals surface area (Å²) in [5.41, 5.74) is 0.954. The summed E-state index contributed by atoms with van der Waals surface area (Å²) >= 11 is 1.43. The zero-order valence-corrected chi connectivity index (χ0v) is 18.6. The zero-order valence-electron chi connectivity index (χ0n) is 17.0. The molecule has 0 spiro atoms. The maximum Gasteiger partial charge on any atom is 0.234 e. The topological polar surface area (TPSA) is 98.9 Å². The Morgan fingerprint density at radius 1 is 1.17 bits per heavy atom. The van der Waals surface area contributed by atoms with Crippen LogP contribution in [0.25, 0.3) is 17.1 Å². The fourth-order valence-electron chi connectivity index (χ4n) is 3.55. The van der Waals surface area contributed by atoms with E-state index in [0.29, 0.717) is 35.4 Å². The number of rotatable bonds is 6. The molecule has 1 aromatic carbocycles. The Labute approximate surface area is 179 Å². The van der Waals surface area contributed by atoms with Crippen LogP contribution in [0.1, 0.15) is 35.2 Å². The first-order chi connectivity index (χ1) is 14.4. The van der Waals surface area contributed by atoms with E-state index in [2.05, 4.69) is 15.3 Å². The highest BCUT2D eigenvalue weighted by Crippen LogP contribution is 2.30. The molecule has 30 heavy (non-hydrogen) atoms. The predicted molar refractivity (Wildman–Crippen MR) is 116 cm³/mol. The lowest BCUT2D eigenvalue weighted by Crippen LogP contribution is -2.38. The van der Waals surface area contributed by atoms with Crippen LogP contribution in [-0.4, -0.2) is 66.1 Å². The quantitative estimate of drug-likeness (QED) is 0.570. The van der Waals surface area contributed by atoms with Gasteiger partial charge in [0.1, 0.15) is 5.01 Å². The molecule has 3 heterocycles. The largest absolute Gasteiger partial charge is 0.493 e. The van der Waals surface area contributed by atoms with Gasteiger partial charge in [-0.15, -0.1) is 10.2 Å². The minimum atomic E-state index is -3.22. The van der Waals surface area contributed by atoms with Gasteiger partial charge in [0.25, 0.3) is 0 Å². The summed E-state index contributed by atoms with van der Waals surface area (Å²) in [6.45, 7) is 0.960. The van der Waals surface area contributed by atoms with E-state index in [4.69, 9.17) is 9.47 Å². The molecule has 1 saturated heterocycles. The molecule has 0 saturated carbocycles. The maximum atomic E-state index is 11.9.